The molecule has 0 radical (unpaired) electrons. The number of carbonyl (C=O) groups is 1. The minimum Gasteiger partial charge on any atom is -0.465 e. The van der Waals surface area contributed by atoms with Gasteiger partial charge in [0.2, 0.25) is 5.28 Å². The Labute approximate surface area is 97.2 Å². The fraction of sp³-hybridized carbons (Fsp3) is 0.182. The molecule has 0 atom stereocenters. The molecule has 16 heavy (non-hydrogen) atoms. The van der Waals surface area contributed by atoms with E-state index < -0.39 is 0 Å². The quantitative estimate of drug-likeness (QED) is 0.564. The van der Waals surface area contributed by atoms with Crippen LogP contribution in [0.15, 0.2) is 18.2 Å². The van der Waals surface area contributed by atoms with E-state index in [1.165, 1.54) is 7.11 Å². The van der Waals surface area contributed by atoms with Gasteiger partial charge in [0.1, 0.15) is 0 Å². The van der Waals surface area contributed by atoms with Crippen molar-refractivity contribution in [2.75, 3.05) is 7.11 Å². The summed E-state index contributed by atoms with van der Waals surface area (Å²) in [6.07, 6.45) is 0. The highest BCUT2D eigenvalue weighted by molar-refractivity contribution is 6.28. The summed E-state index contributed by atoms with van der Waals surface area (Å²) in [5.41, 5.74) is 1.93. The molecule has 0 saturated heterocycles. The summed E-state index contributed by atoms with van der Waals surface area (Å²) in [6.45, 7) is 1.82. The third-order valence-corrected chi connectivity index (χ3v) is 2.45. The van der Waals surface area contributed by atoms with E-state index >= 15 is 0 Å². The molecule has 0 unspecified atom stereocenters. The van der Waals surface area contributed by atoms with E-state index in [1.807, 2.05) is 6.92 Å². The average molecular weight is 237 g/mol. The SMILES string of the molecule is COC(=O)c1ccc2nc(Cl)nc(C)c2c1. The van der Waals surface area contributed by atoms with Gasteiger partial charge in [0.05, 0.1) is 23.9 Å². The van der Waals surface area contributed by atoms with Crippen LogP contribution >= 0.6 is 11.6 Å². The van der Waals surface area contributed by atoms with Crippen molar-refractivity contribution in [3.8, 4) is 0 Å². The van der Waals surface area contributed by atoms with E-state index in [0.717, 1.165) is 11.1 Å². The Morgan fingerprint density at radius 3 is 2.81 bits per heavy atom. The highest BCUT2D eigenvalue weighted by Crippen LogP contribution is 2.19. The van der Waals surface area contributed by atoms with Crippen molar-refractivity contribution in [2.45, 2.75) is 6.92 Å². The zero-order valence-electron chi connectivity index (χ0n) is 8.82. The Bertz CT molecular complexity index is 569. The van der Waals surface area contributed by atoms with E-state index in [4.69, 9.17) is 11.6 Å². The fourth-order valence-corrected chi connectivity index (χ4v) is 1.71. The lowest BCUT2D eigenvalue weighted by molar-refractivity contribution is 0.0601. The van der Waals surface area contributed by atoms with Crippen molar-refractivity contribution in [1.29, 1.82) is 0 Å². The number of carbonyl (C=O) groups excluding carboxylic acids is 1. The first kappa shape index (κ1) is 10.8. The number of fused-ring (bicyclic) bond motifs is 1. The zero-order valence-corrected chi connectivity index (χ0v) is 9.58. The van der Waals surface area contributed by atoms with Crippen LogP contribution in [0.5, 0.6) is 0 Å². The van der Waals surface area contributed by atoms with E-state index in [9.17, 15) is 4.79 Å². The highest BCUT2D eigenvalue weighted by Gasteiger charge is 2.09. The number of aromatic nitrogens is 2. The minimum absolute atomic E-state index is 0.204. The maximum Gasteiger partial charge on any atom is 0.337 e. The van der Waals surface area contributed by atoms with Crippen molar-refractivity contribution < 1.29 is 9.53 Å². The monoisotopic (exact) mass is 236 g/mol. The van der Waals surface area contributed by atoms with Crippen molar-refractivity contribution in [3.63, 3.8) is 0 Å². The molecule has 2 rings (SSSR count). The second kappa shape index (κ2) is 4.06. The average Bonchev–Trinajstić information content (AvgIpc) is 2.27. The van der Waals surface area contributed by atoms with Crippen LogP contribution < -0.4 is 0 Å². The summed E-state index contributed by atoms with van der Waals surface area (Å²) in [6, 6.07) is 5.08. The van der Waals surface area contributed by atoms with Crippen molar-refractivity contribution in [1.82, 2.24) is 9.97 Å². The van der Waals surface area contributed by atoms with Gasteiger partial charge in [-0.2, -0.15) is 0 Å². The lowest BCUT2D eigenvalue weighted by Gasteiger charge is -2.04. The number of nitrogens with zero attached hydrogens (tertiary/aromatic N) is 2. The molecule has 0 saturated carbocycles. The standard InChI is InChI=1S/C11H9ClN2O2/c1-6-8-5-7(10(15)16-2)3-4-9(8)14-11(12)13-6/h3-5H,1-2H3. The van der Waals surface area contributed by atoms with Crippen LogP contribution in [0.1, 0.15) is 16.1 Å². The Kier molecular flexibility index (Phi) is 2.75. The number of aryl methyl sites for hydroxylation is 1. The number of ether oxygens (including phenoxy) is 1. The number of benzene rings is 1. The van der Waals surface area contributed by atoms with Gasteiger partial charge in [-0.15, -0.1) is 0 Å². The van der Waals surface area contributed by atoms with Crippen LogP contribution in [-0.4, -0.2) is 23.0 Å². The fourth-order valence-electron chi connectivity index (χ4n) is 1.49. The summed E-state index contributed by atoms with van der Waals surface area (Å²) in [5, 5.41) is 1.00. The first-order valence-electron chi connectivity index (χ1n) is 4.64. The topological polar surface area (TPSA) is 52.1 Å². The summed E-state index contributed by atoms with van der Waals surface area (Å²) in [5.74, 6) is -0.378. The molecule has 0 amide bonds. The van der Waals surface area contributed by atoms with Gasteiger partial charge in [-0.3, -0.25) is 0 Å². The number of halogens is 1. The Hall–Kier alpha value is -1.68. The second-order valence-corrected chi connectivity index (χ2v) is 3.64. The molecule has 0 aliphatic rings. The maximum absolute atomic E-state index is 11.3. The molecular formula is C11H9ClN2O2. The molecule has 0 N–H and O–H groups in total. The molecule has 0 aliphatic heterocycles. The van der Waals surface area contributed by atoms with E-state index in [2.05, 4.69) is 14.7 Å². The minimum atomic E-state index is -0.378. The molecule has 0 bridgehead atoms. The normalized spacial score (nSPS) is 10.4. The largest absolute Gasteiger partial charge is 0.465 e. The highest BCUT2D eigenvalue weighted by atomic mass is 35.5. The molecular weight excluding hydrogens is 228 g/mol. The maximum atomic E-state index is 11.3. The molecule has 0 aliphatic carbocycles. The van der Waals surface area contributed by atoms with Gasteiger partial charge < -0.3 is 4.74 Å². The van der Waals surface area contributed by atoms with Gasteiger partial charge >= 0.3 is 5.97 Å². The van der Waals surface area contributed by atoms with Crippen LogP contribution in [0, 0.1) is 6.92 Å². The molecule has 82 valence electrons. The number of methoxy groups -OCH3 is 1. The smallest absolute Gasteiger partial charge is 0.337 e. The van der Waals surface area contributed by atoms with Crippen molar-refractivity contribution in [3.05, 3.63) is 34.7 Å². The second-order valence-electron chi connectivity index (χ2n) is 3.30. The first-order valence-corrected chi connectivity index (χ1v) is 5.02. The lowest BCUT2D eigenvalue weighted by atomic mass is 10.1. The van der Waals surface area contributed by atoms with Gasteiger partial charge in [0.15, 0.2) is 0 Å². The third-order valence-electron chi connectivity index (χ3n) is 2.28. The number of hydrogen-bond acceptors (Lipinski definition) is 4. The Balaban J connectivity index is 2.66. The zero-order chi connectivity index (χ0) is 11.7. The lowest BCUT2D eigenvalue weighted by Crippen LogP contribution is -2.01. The third kappa shape index (κ3) is 1.84. The van der Waals surface area contributed by atoms with E-state index in [1.54, 1.807) is 18.2 Å². The Morgan fingerprint density at radius 1 is 1.38 bits per heavy atom. The molecule has 5 heteroatoms. The molecule has 0 fully saturated rings. The first-order chi connectivity index (χ1) is 7.61. The van der Waals surface area contributed by atoms with Crippen LogP contribution in [0.4, 0.5) is 0 Å². The summed E-state index contributed by atoms with van der Waals surface area (Å²) in [7, 11) is 1.34. The Morgan fingerprint density at radius 2 is 2.12 bits per heavy atom. The van der Waals surface area contributed by atoms with Gasteiger partial charge in [-0.05, 0) is 36.7 Å². The van der Waals surface area contributed by atoms with Crippen LogP contribution in [0.3, 0.4) is 0 Å². The molecule has 1 heterocycles. The molecule has 1 aromatic heterocycles. The number of hydrogen-bond donors (Lipinski definition) is 0. The predicted molar refractivity (Wildman–Crippen MR) is 60.6 cm³/mol. The van der Waals surface area contributed by atoms with Gasteiger partial charge in [0.25, 0.3) is 0 Å². The number of rotatable bonds is 1. The molecule has 0 spiro atoms. The summed E-state index contributed by atoms with van der Waals surface area (Å²) >= 11 is 5.74. The molecule has 1 aromatic carbocycles. The van der Waals surface area contributed by atoms with Gasteiger partial charge in [-0.1, -0.05) is 0 Å². The summed E-state index contributed by atoms with van der Waals surface area (Å²) in [4.78, 5) is 19.4. The van der Waals surface area contributed by atoms with Crippen molar-refractivity contribution >= 4 is 28.5 Å². The van der Waals surface area contributed by atoms with Gasteiger partial charge in [0, 0.05) is 5.39 Å². The van der Waals surface area contributed by atoms with Gasteiger partial charge in [-0.25, -0.2) is 14.8 Å². The van der Waals surface area contributed by atoms with E-state index in [0.29, 0.717) is 11.1 Å². The van der Waals surface area contributed by atoms with Crippen LogP contribution in [0.25, 0.3) is 10.9 Å². The van der Waals surface area contributed by atoms with E-state index in [-0.39, 0.29) is 11.3 Å². The number of esters is 1. The predicted octanol–water partition coefficient (Wildman–Crippen LogP) is 2.38. The molecule has 4 nitrogen and oxygen atoms in total. The summed E-state index contributed by atoms with van der Waals surface area (Å²) < 4.78 is 4.64. The van der Waals surface area contributed by atoms with Crippen molar-refractivity contribution in [2.24, 2.45) is 0 Å². The molecule has 2 aromatic rings. The van der Waals surface area contributed by atoms with Crippen LogP contribution in [0.2, 0.25) is 5.28 Å². The van der Waals surface area contributed by atoms with Crippen LogP contribution in [-0.2, 0) is 4.74 Å².